The highest BCUT2D eigenvalue weighted by atomic mass is 16.5. The summed E-state index contributed by atoms with van der Waals surface area (Å²) in [7, 11) is 0. The maximum Gasteiger partial charge on any atom is 0.291 e. The van der Waals surface area contributed by atoms with Crippen LogP contribution in [0.25, 0.3) is 5.57 Å². The molecule has 0 aromatic carbocycles. The first-order chi connectivity index (χ1) is 15.6. The van der Waals surface area contributed by atoms with Crippen molar-refractivity contribution in [2.45, 2.75) is 77.6 Å². The second-order valence-corrected chi connectivity index (χ2v) is 10.1. The quantitative estimate of drug-likeness (QED) is 0.639. The number of nitrogens with zero attached hydrogens (tertiary/aromatic N) is 3. The van der Waals surface area contributed by atoms with Gasteiger partial charge < -0.3 is 20.1 Å². The zero-order valence-electron chi connectivity index (χ0n) is 19.6. The van der Waals surface area contributed by atoms with Crippen LogP contribution in [0.2, 0.25) is 0 Å². The van der Waals surface area contributed by atoms with Crippen LogP contribution in [0.3, 0.4) is 0 Å². The third kappa shape index (κ3) is 5.00. The van der Waals surface area contributed by atoms with E-state index in [0.29, 0.717) is 29.9 Å². The molecule has 3 N–H and O–H groups in total. The number of anilines is 1. The minimum atomic E-state index is -1.09. The molecule has 3 atom stereocenters. The molecule has 2 aromatic heterocycles. The Hall–Kier alpha value is -3.02. The van der Waals surface area contributed by atoms with E-state index >= 15 is 0 Å². The van der Waals surface area contributed by atoms with E-state index in [1.807, 2.05) is 19.9 Å². The highest BCUT2D eigenvalue weighted by Crippen LogP contribution is 2.41. The van der Waals surface area contributed by atoms with Gasteiger partial charge >= 0.3 is 0 Å². The molecule has 8 nitrogen and oxygen atoms in total. The molecule has 0 saturated carbocycles. The predicted molar refractivity (Wildman–Crippen MR) is 124 cm³/mol. The summed E-state index contributed by atoms with van der Waals surface area (Å²) in [6, 6.07) is 5.51. The zero-order valence-corrected chi connectivity index (χ0v) is 19.6. The van der Waals surface area contributed by atoms with Crippen LogP contribution in [0, 0.1) is 16.7 Å². The number of ether oxygens (including phenoxy) is 1. The van der Waals surface area contributed by atoms with E-state index in [1.54, 1.807) is 12.1 Å². The number of carbonyl (C=O) groups is 1. The molecule has 2 aliphatic rings. The molecule has 174 valence electrons. The monoisotopic (exact) mass is 449 g/mol. The Labute approximate surface area is 194 Å². The molecule has 8 heteroatoms. The van der Waals surface area contributed by atoms with Crippen molar-refractivity contribution in [2.24, 2.45) is 5.41 Å². The van der Waals surface area contributed by atoms with Crippen LogP contribution in [0.4, 0.5) is 5.69 Å². The largest absolute Gasteiger partial charge is 0.383 e. The summed E-state index contributed by atoms with van der Waals surface area (Å²) >= 11 is 0. The molecule has 0 bridgehead atoms. The van der Waals surface area contributed by atoms with Gasteiger partial charge in [0.25, 0.3) is 5.91 Å². The maximum atomic E-state index is 12.8. The van der Waals surface area contributed by atoms with Gasteiger partial charge in [0.15, 0.2) is 5.82 Å². The van der Waals surface area contributed by atoms with Gasteiger partial charge in [-0.15, -0.1) is 0 Å². The van der Waals surface area contributed by atoms with E-state index in [4.69, 9.17) is 15.0 Å². The molecule has 1 saturated heterocycles. The van der Waals surface area contributed by atoms with Gasteiger partial charge in [0.1, 0.15) is 17.4 Å². The van der Waals surface area contributed by atoms with Gasteiger partial charge in [-0.2, -0.15) is 5.26 Å². The number of pyridine rings is 1. The lowest BCUT2D eigenvalue weighted by atomic mass is 9.77. The SMILES string of the molecule is C[C@@H]1CC(O)(c2ccc(NC(=O)c3ncc(C#N)[nH]3)c(C3=CCC(C)(C)CC3)n2)C[C@H](C)O1. The first kappa shape index (κ1) is 23.1. The van der Waals surface area contributed by atoms with Crippen LogP contribution < -0.4 is 5.32 Å². The summed E-state index contributed by atoms with van der Waals surface area (Å²) < 4.78 is 5.82. The highest BCUT2D eigenvalue weighted by Gasteiger charge is 2.40. The predicted octanol–water partition coefficient (Wildman–Crippen LogP) is 4.30. The van der Waals surface area contributed by atoms with E-state index in [2.05, 4.69) is 35.2 Å². The molecular weight excluding hydrogens is 418 g/mol. The number of aromatic nitrogens is 3. The smallest absolute Gasteiger partial charge is 0.291 e. The number of aromatic amines is 1. The number of carbonyl (C=O) groups excluding carboxylic acids is 1. The summed E-state index contributed by atoms with van der Waals surface area (Å²) in [6.07, 6.45) is 7.04. The first-order valence-corrected chi connectivity index (χ1v) is 11.4. The first-order valence-electron chi connectivity index (χ1n) is 11.4. The Morgan fingerprint density at radius 3 is 2.64 bits per heavy atom. The molecule has 0 radical (unpaired) electrons. The average Bonchev–Trinajstić information content (AvgIpc) is 3.23. The molecule has 1 amide bonds. The number of hydrogen-bond acceptors (Lipinski definition) is 6. The van der Waals surface area contributed by atoms with Crippen LogP contribution in [0.5, 0.6) is 0 Å². The molecule has 4 rings (SSSR count). The second-order valence-electron chi connectivity index (χ2n) is 10.1. The van der Waals surface area contributed by atoms with Crippen molar-refractivity contribution in [2.75, 3.05) is 5.32 Å². The fourth-order valence-electron chi connectivity index (χ4n) is 4.77. The Bertz CT molecular complexity index is 1120. The number of amides is 1. The molecule has 1 unspecified atom stereocenters. The molecule has 2 aromatic rings. The average molecular weight is 450 g/mol. The van der Waals surface area contributed by atoms with Crippen molar-refractivity contribution in [3.63, 3.8) is 0 Å². The molecule has 1 aliphatic heterocycles. The fraction of sp³-hybridized carbons (Fsp3) is 0.520. The number of aliphatic hydroxyl groups is 1. The number of imidazole rings is 1. The van der Waals surface area contributed by atoms with Crippen molar-refractivity contribution in [1.29, 1.82) is 5.26 Å². The molecule has 33 heavy (non-hydrogen) atoms. The van der Waals surface area contributed by atoms with Crippen LogP contribution in [-0.2, 0) is 10.3 Å². The van der Waals surface area contributed by atoms with Gasteiger partial charge in [-0.25, -0.2) is 9.97 Å². The Kier molecular flexibility index (Phi) is 6.12. The van der Waals surface area contributed by atoms with Gasteiger partial charge in [0.2, 0.25) is 0 Å². The van der Waals surface area contributed by atoms with Crippen LogP contribution in [0.1, 0.15) is 87.5 Å². The number of H-pyrrole nitrogens is 1. The summed E-state index contributed by atoms with van der Waals surface area (Å²) in [6.45, 7) is 8.40. The standard InChI is InChI=1S/C25H31N5O3/c1-15-11-25(32,12-16(2)33-15)20-6-5-19(29-23(31)22-27-14-18(13-26)28-22)21(30-20)17-7-9-24(3,4)10-8-17/h5-7,14-16,32H,8-12H2,1-4H3,(H,27,28)(H,29,31)/t15-,16+,25?. The molecule has 0 spiro atoms. The highest BCUT2D eigenvalue weighted by molar-refractivity contribution is 6.03. The lowest BCUT2D eigenvalue weighted by Crippen LogP contribution is -2.42. The fourth-order valence-corrected chi connectivity index (χ4v) is 4.77. The van der Waals surface area contributed by atoms with Crippen molar-refractivity contribution in [1.82, 2.24) is 15.0 Å². The van der Waals surface area contributed by atoms with E-state index in [0.717, 1.165) is 24.8 Å². The lowest BCUT2D eigenvalue weighted by Gasteiger charge is -2.39. The number of nitrogens with one attached hydrogen (secondary N) is 2. The summed E-state index contributed by atoms with van der Waals surface area (Å²) in [4.78, 5) is 24.4. The van der Waals surface area contributed by atoms with Crippen LogP contribution >= 0.6 is 0 Å². The molecule has 3 heterocycles. The number of rotatable bonds is 4. The Morgan fingerprint density at radius 1 is 1.30 bits per heavy atom. The lowest BCUT2D eigenvalue weighted by molar-refractivity contribution is -0.137. The third-order valence-corrected chi connectivity index (χ3v) is 6.52. The van der Waals surface area contributed by atoms with E-state index in [9.17, 15) is 9.90 Å². The van der Waals surface area contributed by atoms with Gasteiger partial charge in [0, 0.05) is 12.8 Å². The van der Waals surface area contributed by atoms with Crippen LogP contribution in [0.15, 0.2) is 24.4 Å². The Balaban J connectivity index is 1.71. The topological polar surface area (TPSA) is 124 Å². The second kappa shape index (κ2) is 8.73. The van der Waals surface area contributed by atoms with Crippen molar-refractivity contribution < 1.29 is 14.6 Å². The van der Waals surface area contributed by atoms with Crippen molar-refractivity contribution >= 4 is 17.2 Å². The minimum absolute atomic E-state index is 0.0611. The van der Waals surface area contributed by atoms with Crippen LogP contribution in [-0.4, -0.2) is 38.2 Å². The van der Waals surface area contributed by atoms with Crippen molar-refractivity contribution in [3.8, 4) is 6.07 Å². The van der Waals surface area contributed by atoms with E-state index in [-0.39, 0.29) is 29.1 Å². The van der Waals surface area contributed by atoms with Crippen molar-refractivity contribution in [3.05, 3.63) is 47.3 Å². The van der Waals surface area contributed by atoms with Gasteiger partial charge in [-0.3, -0.25) is 4.79 Å². The summed E-state index contributed by atoms with van der Waals surface area (Å²) in [5.41, 5.74) is 2.22. The number of hydrogen-bond donors (Lipinski definition) is 3. The maximum absolute atomic E-state index is 12.8. The van der Waals surface area contributed by atoms with Gasteiger partial charge in [0.05, 0.1) is 35.5 Å². The molecule has 1 fully saturated rings. The molecule has 1 aliphatic carbocycles. The number of allylic oxidation sites excluding steroid dienone is 2. The zero-order chi connectivity index (χ0) is 23.8. The molecular formula is C25H31N5O3. The van der Waals surface area contributed by atoms with Gasteiger partial charge in [-0.05, 0) is 56.2 Å². The summed E-state index contributed by atoms with van der Waals surface area (Å²) in [5, 5.41) is 23.4. The Morgan fingerprint density at radius 2 is 2.03 bits per heavy atom. The third-order valence-electron chi connectivity index (χ3n) is 6.52. The van der Waals surface area contributed by atoms with E-state index < -0.39 is 11.5 Å². The summed E-state index contributed by atoms with van der Waals surface area (Å²) in [5.74, 6) is -0.387. The normalized spacial score (nSPS) is 26.8. The van der Waals surface area contributed by atoms with Gasteiger partial charge in [-0.1, -0.05) is 19.9 Å². The minimum Gasteiger partial charge on any atom is -0.383 e. The number of nitriles is 1. The van der Waals surface area contributed by atoms with E-state index in [1.165, 1.54) is 6.20 Å².